The summed E-state index contributed by atoms with van der Waals surface area (Å²) in [5, 5.41) is 8.63. The Hall–Kier alpha value is -0.870. The smallest absolute Gasteiger partial charge is 0.302 e. The average Bonchev–Trinajstić information content (AvgIpc) is 2.17. The fourth-order valence-electron chi connectivity index (χ4n) is 1.37. The average molecular weight is 230 g/mol. The van der Waals surface area contributed by atoms with Gasteiger partial charge in [0.2, 0.25) is 0 Å². The molecule has 0 unspecified atom stereocenters. The molecule has 0 fully saturated rings. The summed E-state index contributed by atoms with van der Waals surface area (Å²) in [5.74, 6) is 0.182. The van der Waals surface area contributed by atoms with E-state index in [1.807, 2.05) is 6.92 Å². The molecule has 0 aliphatic heterocycles. The second-order valence-electron chi connectivity index (χ2n) is 4.25. The third-order valence-corrected chi connectivity index (χ3v) is 2.51. The molecule has 94 valence electrons. The number of ether oxygens (including phenoxy) is 1. The molecule has 0 aliphatic rings. The van der Waals surface area contributed by atoms with Gasteiger partial charge in [0.25, 0.3) is 0 Å². The van der Waals surface area contributed by atoms with Gasteiger partial charge in [-0.1, -0.05) is 13.5 Å². The standard InChI is InChI=1S/C12H22O4/c1-9(2)12(16-14)6-5-10(3)7-8-15-11(4)13/h10,12,14H,1,5-8H2,2-4H3/t10-,12+/m1/s1. The molecule has 0 spiro atoms. The Bertz CT molecular complexity index is 225. The maximum absolute atomic E-state index is 10.5. The first-order chi connectivity index (χ1) is 7.47. The van der Waals surface area contributed by atoms with Crippen molar-refractivity contribution in [2.24, 2.45) is 5.92 Å². The molecule has 0 aliphatic carbocycles. The molecule has 0 radical (unpaired) electrons. The normalized spacial score (nSPS) is 14.2. The number of hydrogen-bond acceptors (Lipinski definition) is 4. The van der Waals surface area contributed by atoms with Gasteiger partial charge < -0.3 is 4.74 Å². The Morgan fingerprint density at radius 1 is 1.31 bits per heavy atom. The minimum Gasteiger partial charge on any atom is -0.466 e. The zero-order valence-electron chi connectivity index (χ0n) is 10.4. The van der Waals surface area contributed by atoms with Gasteiger partial charge in [0.05, 0.1) is 6.61 Å². The molecule has 0 aromatic heterocycles. The molecule has 0 saturated heterocycles. The summed E-state index contributed by atoms with van der Waals surface area (Å²) >= 11 is 0. The molecule has 2 atom stereocenters. The summed E-state index contributed by atoms with van der Waals surface area (Å²) in [5.41, 5.74) is 0.815. The molecule has 0 heterocycles. The third-order valence-electron chi connectivity index (χ3n) is 2.51. The lowest BCUT2D eigenvalue weighted by atomic mass is 9.98. The summed E-state index contributed by atoms with van der Waals surface area (Å²) < 4.78 is 4.86. The highest BCUT2D eigenvalue weighted by Gasteiger charge is 2.12. The summed E-state index contributed by atoms with van der Waals surface area (Å²) in [7, 11) is 0. The number of rotatable bonds is 8. The molecule has 16 heavy (non-hydrogen) atoms. The highest BCUT2D eigenvalue weighted by atomic mass is 17.1. The summed E-state index contributed by atoms with van der Waals surface area (Å²) in [6, 6.07) is 0. The first-order valence-electron chi connectivity index (χ1n) is 5.56. The van der Waals surface area contributed by atoms with Crippen molar-refractivity contribution in [2.75, 3.05) is 6.61 Å². The molecular formula is C12H22O4. The van der Waals surface area contributed by atoms with Crippen LogP contribution < -0.4 is 0 Å². The van der Waals surface area contributed by atoms with Crippen LogP contribution in [-0.4, -0.2) is 23.9 Å². The predicted molar refractivity (Wildman–Crippen MR) is 62.0 cm³/mol. The maximum Gasteiger partial charge on any atom is 0.302 e. The first kappa shape index (κ1) is 15.1. The molecule has 0 aromatic rings. The lowest BCUT2D eigenvalue weighted by molar-refractivity contribution is -0.270. The van der Waals surface area contributed by atoms with E-state index in [1.54, 1.807) is 0 Å². The van der Waals surface area contributed by atoms with Gasteiger partial charge in [-0.15, -0.1) is 0 Å². The third kappa shape index (κ3) is 7.43. The van der Waals surface area contributed by atoms with Gasteiger partial charge in [-0.3, -0.25) is 10.1 Å². The molecule has 0 amide bonds. The Kier molecular flexibility index (Phi) is 7.85. The molecule has 0 bridgehead atoms. The fraction of sp³-hybridized carbons (Fsp3) is 0.750. The Labute approximate surface area is 97.2 Å². The van der Waals surface area contributed by atoms with Gasteiger partial charge in [-0.25, -0.2) is 4.89 Å². The minimum atomic E-state index is -0.295. The molecule has 0 saturated carbocycles. The van der Waals surface area contributed by atoms with Gasteiger partial charge in [-0.2, -0.15) is 0 Å². The van der Waals surface area contributed by atoms with Crippen molar-refractivity contribution in [3.8, 4) is 0 Å². The van der Waals surface area contributed by atoms with Crippen LogP contribution in [0.2, 0.25) is 0 Å². The molecule has 4 heteroatoms. The van der Waals surface area contributed by atoms with Crippen LogP contribution in [-0.2, 0) is 14.4 Å². The summed E-state index contributed by atoms with van der Waals surface area (Å²) in [4.78, 5) is 14.9. The molecular weight excluding hydrogens is 208 g/mol. The number of carbonyl (C=O) groups is 1. The lowest BCUT2D eigenvalue weighted by Gasteiger charge is -2.16. The number of hydrogen-bond donors (Lipinski definition) is 1. The van der Waals surface area contributed by atoms with E-state index in [4.69, 9.17) is 9.99 Å². The van der Waals surface area contributed by atoms with Crippen molar-refractivity contribution in [3.05, 3.63) is 12.2 Å². The SMILES string of the molecule is C=C(C)[C@H](CC[C@@H](C)CCOC(C)=O)OO. The quantitative estimate of drug-likeness (QED) is 0.301. The van der Waals surface area contributed by atoms with Gasteiger partial charge in [-0.05, 0) is 37.7 Å². The van der Waals surface area contributed by atoms with Gasteiger partial charge >= 0.3 is 5.97 Å². The topological polar surface area (TPSA) is 55.8 Å². The van der Waals surface area contributed by atoms with Crippen molar-refractivity contribution >= 4 is 5.97 Å². The zero-order valence-corrected chi connectivity index (χ0v) is 10.4. The van der Waals surface area contributed by atoms with E-state index in [0.29, 0.717) is 12.5 Å². The second-order valence-corrected chi connectivity index (χ2v) is 4.25. The van der Waals surface area contributed by atoms with E-state index in [2.05, 4.69) is 18.4 Å². The van der Waals surface area contributed by atoms with Gasteiger partial charge in [0.1, 0.15) is 6.10 Å². The molecule has 0 rings (SSSR count). The number of esters is 1. The van der Waals surface area contributed by atoms with Crippen molar-refractivity contribution in [2.45, 2.75) is 46.1 Å². The first-order valence-corrected chi connectivity index (χ1v) is 5.56. The van der Waals surface area contributed by atoms with Crippen LogP contribution in [0.15, 0.2) is 12.2 Å². The van der Waals surface area contributed by atoms with E-state index >= 15 is 0 Å². The summed E-state index contributed by atoms with van der Waals surface area (Å²) in [6.07, 6.45) is 2.16. The van der Waals surface area contributed by atoms with Gasteiger partial charge in [0.15, 0.2) is 0 Å². The monoisotopic (exact) mass is 230 g/mol. The van der Waals surface area contributed by atoms with Crippen LogP contribution in [0.5, 0.6) is 0 Å². The van der Waals surface area contributed by atoms with E-state index in [9.17, 15) is 4.79 Å². The van der Waals surface area contributed by atoms with E-state index < -0.39 is 0 Å². The van der Waals surface area contributed by atoms with Crippen molar-refractivity contribution in [1.82, 2.24) is 0 Å². The Morgan fingerprint density at radius 3 is 2.38 bits per heavy atom. The van der Waals surface area contributed by atoms with E-state index in [0.717, 1.165) is 24.8 Å². The van der Waals surface area contributed by atoms with Gasteiger partial charge in [0, 0.05) is 6.92 Å². The Balaban J connectivity index is 3.67. The summed E-state index contributed by atoms with van der Waals surface area (Å²) in [6.45, 7) is 9.50. The van der Waals surface area contributed by atoms with Crippen LogP contribution >= 0.6 is 0 Å². The van der Waals surface area contributed by atoms with Crippen LogP contribution in [0.3, 0.4) is 0 Å². The highest BCUT2D eigenvalue weighted by Crippen LogP contribution is 2.16. The van der Waals surface area contributed by atoms with Crippen molar-refractivity contribution in [3.63, 3.8) is 0 Å². The van der Waals surface area contributed by atoms with Crippen molar-refractivity contribution in [1.29, 1.82) is 0 Å². The Morgan fingerprint density at radius 2 is 1.94 bits per heavy atom. The van der Waals surface area contributed by atoms with Crippen molar-refractivity contribution < 1.29 is 19.7 Å². The van der Waals surface area contributed by atoms with Crippen LogP contribution in [0.1, 0.15) is 40.0 Å². The van der Waals surface area contributed by atoms with E-state index in [1.165, 1.54) is 6.92 Å². The molecule has 1 N–H and O–H groups in total. The zero-order chi connectivity index (χ0) is 12.6. The van der Waals surface area contributed by atoms with Crippen LogP contribution in [0, 0.1) is 5.92 Å². The maximum atomic E-state index is 10.5. The lowest BCUT2D eigenvalue weighted by Crippen LogP contribution is -2.14. The predicted octanol–water partition coefficient (Wildman–Crippen LogP) is 2.79. The number of carbonyl (C=O) groups excluding carboxylic acids is 1. The minimum absolute atomic E-state index is 0.245. The highest BCUT2D eigenvalue weighted by molar-refractivity contribution is 5.65. The fourth-order valence-corrected chi connectivity index (χ4v) is 1.37. The van der Waals surface area contributed by atoms with E-state index in [-0.39, 0.29) is 12.1 Å². The molecule has 0 aromatic carbocycles. The largest absolute Gasteiger partial charge is 0.466 e. The molecule has 4 nitrogen and oxygen atoms in total. The second kappa shape index (κ2) is 8.30. The van der Waals surface area contributed by atoms with Crippen LogP contribution in [0.25, 0.3) is 0 Å². The van der Waals surface area contributed by atoms with Crippen LogP contribution in [0.4, 0.5) is 0 Å².